The van der Waals surface area contributed by atoms with E-state index in [0.29, 0.717) is 6.07 Å². The second-order valence-electron chi connectivity index (χ2n) is 5.73. The number of sulfonamides is 1. The quantitative estimate of drug-likeness (QED) is 0.676. The molecule has 0 aliphatic heterocycles. The topological polar surface area (TPSA) is 66.9 Å². The predicted molar refractivity (Wildman–Crippen MR) is 97.2 cm³/mol. The van der Waals surface area contributed by atoms with Crippen LogP contribution in [0, 0.1) is 0 Å². The lowest BCUT2D eigenvalue weighted by Gasteiger charge is -2.24. The summed E-state index contributed by atoms with van der Waals surface area (Å²) in [5, 5.41) is 0.969. The Morgan fingerprint density at radius 2 is 1.75 bits per heavy atom. The van der Waals surface area contributed by atoms with E-state index in [4.69, 9.17) is 4.84 Å². The molecule has 6 nitrogen and oxygen atoms in total. The van der Waals surface area contributed by atoms with Gasteiger partial charge in [0.1, 0.15) is 0 Å². The van der Waals surface area contributed by atoms with Crippen molar-refractivity contribution in [3.8, 4) is 0 Å². The van der Waals surface area contributed by atoms with Crippen molar-refractivity contribution >= 4 is 21.6 Å². The molecule has 0 fully saturated rings. The zero-order valence-electron chi connectivity index (χ0n) is 15.4. The average Bonchev–Trinajstić information content (AvgIpc) is 2.66. The van der Waals surface area contributed by atoms with Crippen LogP contribution in [0.5, 0.6) is 0 Å². The highest BCUT2D eigenvalue weighted by Crippen LogP contribution is 2.32. The van der Waals surface area contributed by atoms with E-state index in [9.17, 15) is 26.4 Å². The number of hydrogen-bond donors (Lipinski definition) is 0. The monoisotopic (exact) mass is 416 g/mol. The molecule has 0 N–H and O–H groups in total. The molecule has 1 amide bonds. The van der Waals surface area contributed by atoms with Gasteiger partial charge in [-0.2, -0.15) is 13.2 Å². The summed E-state index contributed by atoms with van der Waals surface area (Å²) in [5.41, 5.74) is -0.745. The molecule has 2 rings (SSSR count). The molecule has 152 valence electrons. The van der Waals surface area contributed by atoms with E-state index in [1.165, 1.54) is 38.4 Å². The van der Waals surface area contributed by atoms with Crippen LogP contribution in [-0.2, 0) is 21.0 Å². The summed E-state index contributed by atoms with van der Waals surface area (Å²) in [4.78, 5) is 16.6. The van der Waals surface area contributed by atoms with Crippen molar-refractivity contribution in [2.24, 2.45) is 0 Å². The van der Waals surface area contributed by atoms with Crippen LogP contribution >= 0.6 is 0 Å². The van der Waals surface area contributed by atoms with Gasteiger partial charge in [-0.05, 0) is 43.3 Å². The lowest BCUT2D eigenvalue weighted by Crippen LogP contribution is -2.31. The molecule has 2 aromatic rings. The van der Waals surface area contributed by atoms with Gasteiger partial charge >= 0.3 is 6.18 Å². The second kappa shape index (κ2) is 8.19. The van der Waals surface area contributed by atoms with Gasteiger partial charge in [-0.3, -0.25) is 13.9 Å². The molecule has 0 bridgehead atoms. The Morgan fingerprint density at radius 1 is 1.11 bits per heavy atom. The van der Waals surface area contributed by atoms with Crippen molar-refractivity contribution in [2.45, 2.75) is 18.0 Å². The van der Waals surface area contributed by atoms with Gasteiger partial charge in [0.2, 0.25) is 0 Å². The van der Waals surface area contributed by atoms with E-state index < -0.39 is 32.6 Å². The highest BCUT2D eigenvalue weighted by atomic mass is 32.2. The Hall–Kier alpha value is -2.59. The van der Waals surface area contributed by atoms with E-state index in [1.807, 2.05) is 0 Å². The smallest absolute Gasteiger partial charge is 0.274 e. The number of amides is 1. The van der Waals surface area contributed by atoms with Crippen LogP contribution < -0.4 is 4.31 Å². The Bertz CT molecular complexity index is 961. The molecule has 10 heteroatoms. The maximum atomic E-state index is 13.0. The minimum absolute atomic E-state index is 0.0453. The van der Waals surface area contributed by atoms with Gasteiger partial charge in [-0.1, -0.05) is 12.1 Å². The summed E-state index contributed by atoms with van der Waals surface area (Å²) in [6.07, 6.45) is -4.67. The number of carbonyl (C=O) groups excluding carboxylic acids is 1. The molecule has 0 heterocycles. The second-order valence-corrected chi connectivity index (χ2v) is 7.59. The Balaban J connectivity index is 2.49. The largest absolute Gasteiger partial charge is 0.416 e. The molecular weight excluding hydrogens is 397 g/mol. The third-order valence-corrected chi connectivity index (χ3v) is 5.88. The van der Waals surface area contributed by atoms with Crippen LogP contribution in [0.1, 0.15) is 22.8 Å². The van der Waals surface area contributed by atoms with Crippen LogP contribution in [0.15, 0.2) is 53.4 Å². The van der Waals surface area contributed by atoms with E-state index >= 15 is 0 Å². The predicted octanol–water partition coefficient (Wildman–Crippen LogP) is 3.55. The first kappa shape index (κ1) is 21.7. The molecule has 0 atom stereocenters. The number of hydrogen-bond acceptors (Lipinski definition) is 4. The van der Waals surface area contributed by atoms with E-state index in [0.717, 1.165) is 27.6 Å². The van der Waals surface area contributed by atoms with Gasteiger partial charge in [-0.25, -0.2) is 13.5 Å². The third kappa shape index (κ3) is 4.45. The Kier molecular flexibility index (Phi) is 6.35. The van der Waals surface area contributed by atoms with Crippen molar-refractivity contribution in [3.05, 3.63) is 59.7 Å². The Morgan fingerprint density at radius 3 is 2.32 bits per heavy atom. The van der Waals surface area contributed by atoms with E-state index in [2.05, 4.69) is 0 Å². The molecular formula is C18H19F3N2O4S. The van der Waals surface area contributed by atoms with Crippen LogP contribution in [0.4, 0.5) is 18.9 Å². The fraction of sp³-hybridized carbons (Fsp3) is 0.278. The molecule has 0 saturated heterocycles. The normalized spacial score (nSPS) is 11.9. The summed E-state index contributed by atoms with van der Waals surface area (Å²) < 4.78 is 65.7. The third-order valence-electron chi connectivity index (χ3n) is 3.98. The molecule has 28 heavy (non-hydrogen) atoms. The highest BCUT2D eigenvalue weighted by molar-refractivity contribution is 7.92. The number of benzene rings is 2. The number of hydroxylamine groups is 2. The van der Waals surface area contributed by atoms with Crippen LogP contribution in [0.3, 0.4) is 0 Å². The highest BCUT2D eigenvalue weighted by Gasteiger charge is 2.33. The first-order valence-corrected chi connectivity index (χ1v) is 9.58. The van der Waals surface area contributed by atoms with Gasteiger partial charge in [0.15, 0.2) is 0 Å². The van der Waals surface area contributed by atoms with Crippen molar-refractivity contribution in [3.63, 3.8) is 0 Å². The number of anilines is 1. The van der Waals surface area contributed by atoms with Gasteiger partial charge in [0, 0.05) is 19.2 Å². The standard InChI is InChI=1S/C18H19F3N2O4S/c1-4-23(15-9-5-7-13(11-15)17(24)22(2)27-3)28(25,26)16-10-6-8-14(12-16)18(19,20)21/h5-12H,4H2,1-3H3. The van der Waals surface area contributed by atoms with E-state index in [-0.39, 0.29) is 17.8 Å². The van der Waals surface area contributed by atoms with Crippen LogP contribution in [0.2, 0.25) is 0 Å². The molecule has 0 aromatic heterocycles. The zero-order valence-corrected chi connectivity index (χ0v) is 16.2. The van der Waals surface area contributed by atoms with Gasteiger partial charge in [0.25, 0.3) is 15.9 Å². The number of carbonyl (C=O) groups is 1. The van der Waals surface area contributed by atoms with Crippen molar-refractivity contribution in [1.29, 1.82) is 0 Å². The number of nitrogens with zero attached hydrogens (tertiary/aromatic N) is 2. The molecule has 0 spiro atoms. The molecule has 2 aromatic carbocycles. The maximum absolute atomic E-state index is 13.0. The molecule has 0 aliphatic carbocycles. The van der Waals surface area contributed by atoms with Gasteiger partial charge in [0.05, 0.1) is 23.3 Å². The number of halogens is 3. The first-order chi connectivity index (χ1) is 13.0. The average molecular weight is 416 g/mol. The van der Waals surface area contributed by atoms with Crippen molar-refractivity contribution in [1.82, 2.24) is 5.06 Å². The zero-order chi connectivity index (χ0) is 21.1. The Labute approximate surface area is 161 Å². The lowest BCUT2D eigenvalue weighted by molar-refractivity contribution is -0.137. The van der Waals surface area contributed by atoms with Crippen LogP contribution in [0.25, 0.3) is 0 Å². The molecule has 0 unspecified atom stereocenters. The summed E-state index contributed by atoms with van der Waals surface area (Å²) >= 11 is 0. The van der Waals surface area contributed by atoms with E-state index in [1.54, 1.807) is 6.92 Å². The summed E-state index contributed by atoms with van der Waals surface area (Å²) in [6.45, 7) is 1.50. The summed E-state index contributed by atoms with van der Waals surface area (Å²) in [6, 6.07) is 9.28. The minimum Gasteiger partial charge on any atom is -0.274 e. The first-order valence-electron chi connectivity index (χ1n) is 8.14. The SMILES string of the molecule is CCN(c1cccc(C(=O)N(C)OC)c1)S(=O)(=O)c1cccc(C(F)(F)F)c1. The maximum Gasteiger partial charge on any atom is 0.416 e. The van der Waals surface area contributed by atoms with Gasteiger partial charge < -0.3 is 0 Å². The molecule has 0 aliphatic rings. The van der Waals surface area contributed by atoms with Crippen molar-refractivity contribution in [2.75, 3.05) is 25.0 Å². The molecule has 0 saturated carbocycles. The van der Waals surface area contributed by atoms with Crippen LogP contribution in [-0.4, -0.2) is 40.1 Å². The molecule has 0 radical (unpaired) electrons. The van der Waals surface area contributed by atoms with Gasteiger partial charge in [-0.15, -0.1) is 0 Å². The lowest BCUT2D eigenvalue weighted by atomic mass is 10.2. The summed E-state index contributed by atoms with van der Waals surface area (Å²) in [7, 11) is -1.58. The number of alkyl halides is 3. The number of rotatable bonds is 6. The minimum atomic E-state index is -4.67. The fourth-order valence-electron chi connectivity index (χ4n) is 2.51. The fourth-order valence-corrected chi connectivity index (χ4v) is 4.02. The van der Waals surface area contributed by atoms with Crippen molar-refractivity contribution < 1.29 is 31.2 Å². The summed E-state index contributed by atoms with van der Waals surface area (Å²) in [5.74, 6) is -0.503.